The highest BCUT2D eigenvalue weighted by molar-refractivity contribution is 6.43. The number of benzene rings is 1. The summed E-state index contributed by atoms with van der Waals surface area (Å²) in [5.41, 5.74) is 10.5. The predicted molar refractivity (Wildman–Crippen MR) is 76.2 cm³/mol. The van der Waals surface area contributed by atoms with E-state index in [0.29, 0.717) is 0 Å². The minimum absolute atomic E-state index is 0.112. The van der Waals surface area contributed by atoms with Gasteiger partial charge in [0.2, 0.25) is 5.91 Å². The van der Waals surface area contributed by atoms with Crippen LogP contribution in [0.3, 0.4) is 0 Å². The summed E-state index contributed by atoms with van der Waals surface area (Å²) >= 11 is 11.6. The van der Waals surface area contributed by atoms with Gasteiger partial charge in [0.25, 0.3) is 5.91 Å². The predicted octanol–water partition coefficient (Wildman–Crippen LogP) is 1.82. The number of halogens is 2. The molecule has 1 aromatic carbocycles. The van der Waals surface area contributed by atoms with E-state index in [1.807, 2.05) is 0 Å². The highest BCUT2D eigenvalue weighted by Crippen LogP contribution is 2.29. The van der Waals surface area contributed by atoms with Crippen LogP contribution in [0, 0.1) is 5.41 Å². The van der Waals surface area contributed by atoms with Crippen LogP contribution in [0.1, 0.15) is 24.2 Å². The van der Waals surface area contributed by atoms with Crippen LogP contribution in [0.4, 0.5) is 5.69 Å². The Labute approximate surface area is 121 Å². The van der Waals surface area contributed by atoms with Gasteiger partial charge in [-0.05, 0) is 26.0 Å². The van der Waals surface area contributed by atoms with E-state index in [-0.39, 0.29) is 27.8 Å². The number of hydrogen-bond acceptors (Lipinski definition) is 3. The van der Waals surface area contributed by atoms with Crippen LogP contribution in [0.2, 0.25) is 10.0 Å². The number of nitrogen functional groups attached to an aromatic ring is 1. The maximum atomic E-state index is 11.9. The van der Waals surface area contributed by atoms with Crippen molar-refractivity contribution in [3.05, 3.63) is 27.7 Å². The molecule has 2 amide bonds. The largest absolute Gasteiger partial charge is 0.397 e. The topological polar surface area (TPSA) is 98.2 Å². The molecule has 0 saturated carbocycles. The average Bonchev–Trinajstić information content (AvgIpc) is 2.32. The summed E-state index contributed by atoms with van der Waals surface area (Å²) in [7, 11) is 0. The lowest BCUT2D eigenvalue weighted by molar-refractivity contribution is -0.125. The van der Waals surface area contributed by atoms with Gasteiger partial charge in [-0.2, -0.15) is 0 Å². The van der Waals surface area contributed by atoms with Gasteiger partial charge in [0.15, 0.2) is 0 Å². The average molecular weight is 304 g/mol. The van der Waals surface area contributed by atoms with Crippen LogP contribution in [0.25, 0.3) is 0 Å². The maximum absolute atomic E-state index is 11.9. The molecule has 0 unspecified atom stereocenters. The van der Waals surface area contributed by atoms with Crippen LogP contribution >= 0.6 is 23.2 Å². The monoisotopic (exact) mass is 303 g/mol. The van der Waals surface area contributed by atoms with Gasteiger partial charge in [-0.3, -0.25) is 9.59 Å². The minimum atomic E-state index is -0.836. The molecule has 0 aromatic heterocycles. The molecule has 0 spiro atoms. The van der Waals surface area contributed by atoms with Crippen molar-refractivity contribution in [3.63, 3.8) is 0 Å². The quantitative estimate of drug-likeness (QED) is 0.740. The van der Waals surface area contributed by atoms with Crippen molar-refractivity contribution in [1.29, 1.82) is 0 Å². The lowest BCUT2D eigenvalue weighted by Crippen LogP contribution is -2.42. The van der Waals surface area contributed by atoms with E-state index < -0.39 is 17.2 Å². The van der Waals surface area contributed by atoms with E-state index in [2.05, 4.69) is 5.32 Å². The Morgan fingerprint density at radius 3 is 2.37 bits per heavy atom. The Balaban J connectivity index is 2.83. The summed E-state index contributed by atoms with van der Waals surface area (Å²) in [6.45, 7) is 3.39. The zero-order valence-electron chi connectivity index (χ0n) is 10.6. The zero-order chi connectivity index (χ0) is 14.8. The first-order chi connectivity index (χ1) is 8.65. The van der Waals surface area contributed by atoms with E-state index in [1.165, 1.54) is 12.1 Å². The molecule has 1 aromatic rings. The Hall–Kier alpha value is -1.46. The Morgan fingerprint density at radius 1 is 1.32 bits per heavy atom. The van der Waals surface area contributed by atoms with Gasteiger partial charge >= 0.3 is 0 Å². The van der Waals surface area contributed by atoms with E-state index in [4.69, 9.17) is 34.7 Å². The van der Waals surface area contributed by atoms with E-state index in [0.717, 1.165) is 0 Å². The number of primary amides is 1. The SMILES string of the molecule is CC(C)(CNC(=O)c1cc(N)c(Cl)c(Cl)c1)C(N)=O. The molecule has 7 heteroatoms. The lowest BCUT2D eigenvalue weighted by atomic mass is 9.92. The molecule has 0 atom stereocenters. The second-order valence-electron chi connectivity index (χ2n) is 4.79. The van der Waals surface area contributed by atoms with Crippen molar-refractivity contribution in [2.75, 3.05) is 12.3 Å². The number of amides is 2. The molecule has 0 aliphatic heterocycles. The number of hydrogen-bond donors (Lipinski definition) is 3. The minimum Gasteiger partial charge on any atom is -0.397 e. The first-order valence-corrected chi connectivity index (χ1v) is 6.23. The first-order valence-electron chi connectivity index (χ1n) is 5.48. The van der Waals surface area contributed by atoms with Crippen molar-refractivity contribution in [2.24, 2.45) is 11.1 Å². The Morgan fingerprint density at radius 2 is 1.89 bits per heavy atom. The van der Waals surface area contributed by atoms with Crippen LogP contribution in [0.5, 0.6) is 0 Å². The third kappa shape index (κ3) is 3.75. The van der Waals surface area contributed by atoms with E-state index >= 15 is 0 Å². The third-order valence-corrected chi connectivity index (χ3v) is 3.49. The molecular weight excluding hydrogens is 289 g/mol. The molecule has 0 fully saturated rings. The fourth-order valence-electron chi connectivity index (χ4n) is 1.23. The van der Waals surface area contributed by atoms with Gasteiger partial charge in [0.1, 0.15) is 0 Å². The molecule has 0 radical (unpaired) electrons. The molecule has 0 aliphatic rings. The highest BCUT2D eigenvalue weighted by atomic mass is 35.5. The summed E-state index contributed by atoms with van der Waals surface area (Å²) in [5, 5.41) is 3.00. The molecule has 0 heterocycles. The molecule has 0 aliphatic carbocycles. The molecule has 104 valence electrons. The number of carbonyl (C=O) groups is 2. The maximum Gasteiger partial charge on any atom is 0.251 e. The number of rotatable bonds is 4. The second-order valence-corrected chi connectivity index (χ2v) is 5.58. The summed E-state index contributed by atoms with van der Waals surface area (Å²) in [6.07, 6.45) is 0. The summed E-state index contributed by atoms with van der Waals surface area (Å²) < 4.78 is 0. The van der Waals surface area contributed by atoms with Gasteiger partial charge in [-0.15, -0.1) is 0 Å². The highest BCUT2D eigenvalue weighted by Gasteiger charge is 2.25. The second kappa shape index (κ2) is 5.67. The van der Waals surface area contributed by atoms with E-state index in [9.17, 15) is 9.59 Å². The number of carbonyl (C=O) groups excluding carboxylic acids is 2. The Bertz CT molecular complexity index is 507. The standard InChI is InChI=1S/C12H15Cl2N3O2/c1-12(2,11(16)19)5-17-10(18)6-3-7(13)9(14)8(15)4-6/h3-4H,5,15H2,1-2H3,(H2,16,19)(H,17,18). The van der Waals surface area contributed by atoms with Gasteiger partial charge in [0.05, 0.1) is 21.1 Å². The van der Waals surface area contributed by atoms with Crippen LogP contribution in [-0.4, -0.2) is 18.4 Å². The van der Waals surface area contributed by atoms with E-state index in [1.54, 1.807) is 13.8 Å². The van der Waals surface area contributed by atoms with Crippen LogP contribution in [0.15, 0.2) is 12.1 Å². The molecular formula is C12H15Cl2N3O2. The molecule has 5 nitrogen and oxygen atoms in total. The van der Waals surface area contributed by atoms with Gasteiger partial charge < -0.3 is 16.8 Å². The number of nitrogens with one attached hydrogen (secondary N) is 1. The summed E-state index contributed by atoms with van der Waals surface area (Å²) in [6, 6.07) is 2.83. The molecule has 0 saturated heterocycles. The zero-order valence-corrected chi connectivity index (χ0v) is 12.1. The summed E-state index contributed by atoms with van der Waals surface area (Å²) in [4.78, 5) is 23.0. The van der Waals surface area contributed by atoms with Crippen molar-refractivity contribution in [2.45, 2.75) is 13.8 Å². The smallest absolute Gasteiger partial charge is 0.251 e. The number of anilines is 1. The lowest BCUT2D eigenvalue weighted by Gasteiger charge is -2.20. The van der Waals surface area contributed by atoms with Crippen molar-refractivity contribution >= 4 is 40.7 Å². The molecule has 19 heavy (non-hydrogen) atoms. The normalized spacial score (nSPS) is 11.2. The van der Waals surface area contributed by atoms with Crippen molar-refractivity contribution in [1.82, 2.24) is 5.32 Å². The molecule has 5 N–H and O–H groups in total. The fourth-order valence-corrected chi connectivity index (χ4v) is 1.57. The number of nitrogens with two attached hydrogens (primary N) is 2. The van der Waals surface area contributed by atoms with Crippen molar-refractivity contribution in [3.8, 4) is 0 Å². The van der Waals surface area contributed by atoms with Crippen molar-refractivity contribution < 1.29 is 9.59 Å². The Kier molecular flexibility index (Phi) is 4.66. The van der Waals surface area contributed by atoms with Gasteiger partial charge in [-0.1, -0.05) is 23.2 Å². The fraction of sp³-hybridized carbons (Fsp3) is 0.333. The van der Waals surface area contributed by atoms with Crippen LogP contribution in [-0.2, 0) is 4.79 Å². The van der Waals surface area contributed by atoms with Gasteiger partial charge in [-0.25, -0.2) is 0 Å². The third-order valence-electron chi connectivity index (χ3n) is 2.68. The molecule has 1 rings (SSSR count). The van der Waals surface area contributed by atoms with Gasteiger partial charge in [0, 0.05) is 12.1 Å². The van der Waals surface area contributed by atoms with Crippen LogP contribution < -0.4 is 16.8 Å². The molecule has 0 bridgehead atoms. The first kappa shape index (κ1) is 15.6. The summed E-state index contributed by atoms with van der Waals surface area (Å²) in [5.74, 6) is -0.902.